The van der Waals surface area contributed by atoms with E-state index in [2.05, 4.69) is 32.0 Å². The number of carbonyl (C=O) groups excluding carboxylic acids is 2. The number of anilines is 1. The first-order valence-electron chi connectivity index (χ1n) is 6.69. The van der Waals surface area contributed by atoms with Crippen LogP contribution in [0.15, 0.2) is 46.2 Å². The molecule has 0 atom stereocenters. The van der Waals surface area contributed by atoms with Crippen molar-refractivity contribution in [1.82, 2.24) is 0 Å². The molecule has 0 radical (unpaired) electrons. The minimum absolute atomic E-state index is 0.421. The fourth-order valence-corrected chi connectivity index (χ4v) is 3.29. The molecular formula is C17H15NO2S. The van der Waals surface area contributed by atoms with Crippen molar-refractivity contribution < 1.29 is 9.59 Å². The molecule has 21 heavy (non-hydrogen) atoms. The number of rotatable bonds is 2. The van der Waals surface area contributed by atoms with Crippen molar-refractivity contribution in [1.29, 1.82) is 0 Å². The number of likely N-dealkylation sites (N-methyl/N-ethyl adjacent to an activating group) is 1. The molecule has 1 aliphatic rings. The average molecular weight is 297 g/mol. The maximum atomic E-state index is 11.8. The third kappa shape index (κ3) is 2.36. The molecule has 0 bridgehead atoms. The third-order valence-electron chi connectivity index (χ3n) is 3.79. The molecule has 3 rings (SSSR count). The standard InChI is InChI=1S/C17H15NO2S/c1-10-4-5-12(8-11(10)2)21-13-6-7-14-15(9-13)18(3)17(20)16(14)19/h4-9H,1-3H3. The second-order valence-corrected chi connectivity index (χ2v) is 6.37. The summed E-state index contributed by atoms with van der Waals surface area (Å²) in [5.41, 5.74) is 3.71. The lowest BCUT2D eigenvalue weighted by Gasteiger charge is -2.10. The maximum Gasteiger partial charge on any atom is 0.299 e. The van der Waals surface area contributed by atoms with E-state index in [-0.39, 0.29) is 0 Å². The molecule has 2 aromatic rings. The molecule has 0 unspecified atom stereocenters. The Kier molecular flexibility index (Phi) is 3.33. The molecule has 1 amide bonds. The van der Waals surface area contributed by atoms with Crippen LogP contribution < -0.4 is 4.90 Å². The average Bonchev–Trinajstić information content (AvgIpc) is 2.68. The number of ketones is 1. The number of hydrogen-bond acceptors (Lipinski definition) is 3. The Hall–Kier alpha value is -2.07. The SMILES string of the molecule is Cc1ccc(Sc2ccc3c(c2)N(C)C(=O)C3=O)cc1C. The Morgan fingerprint density at radius 2 is 1.57 bits per heavy atom. The lowest BCUT2D eigenvalue weighted by molar-refractivity contribution is -0.114. The predicted octanol–water partition coefficient (Wildman–Crippen LogP) is 3.61. The zero-order valence-electron chi connectivity index (χ0n) is 12.1. The molecule has 0 saturated heterocycles. The number of nitrogens with zero attached hydrogens (tertiary/aromatic N) is 1. The quantitative estimate of drug-likeness (QED) is 0.795. The highest BCUT2D eigenvalue weighted by Crippen LogP contribution is 2.35. The van der Waals surface area contributed by atoms with Gasteiger partial charge in [-0.2, -0.15) is 0 Å². The van der Waals surface area contributed by atoms with Gasteiger partial charge in [-0.3, -0.25) is 9.59 Å². The zero-order valence-corrected chi connectivity index (χ0v) is 13.0. The van der Waals surface area contributed by atoms with E-state index in [9.17, 15) is 9.59 Å². The third-order valence-corrected chi connectivity index (χ3v) is 4.77. The van der Waals surface area contributed by atoms with Crippen molar-refractivity contribution in [2.24, 2.45) is 0 Å². The van der Waals surface area contributed by atoms with E-state index in [1.807, 2.05) is 12.1 Å². The van der Waals surface area contributed by atoms with E-state index in [1.54, 1.807) is 24.9 Å². The molecular weight excluding hydrogens is 282 g/mol. The summed E-state index contributed by atoms with van der Waals surface area (Å²) in [5, 5.41) is 0. The van der Waals surface area contributed by atoms with E-state index in [4.69, 9.17) is 0 Å². The Balaban J connectivity index is 1.93. The van der Waals surface area contributed by atoms with Crippen molar-refractivity contribution in [2.45, 2.75) is 23.6 Å². The smallest absolute Gasteiger partial charge is 0.299 e. The van der Waals surface area contributed by atoms with E-state index < -0.39 is 11.7 Å². The summed E-state index contributed by atoms with van der Waals surface area (Å²) >= 11 is 1.63. The molecule has 1 heterocycles. The van der Waals surface area contributed by atoms with Crippen LogP contribution in [0.5, 0.6) is 0 Å². The van der Waals surface area contributed by atoms with Gasteiger partial charge >= 0.3 is 0 Å². The summed E-state index contributed by atoms with van der Waals surface area (Å²) in [4.78, 5) is 27.0. The van der Waals surface area contributed by atoms with E-state index in [0.29, 0.717) is 11.3 Å². The van der Waals surface area contributed by atoms with Gasteiger partial charge in [0.15, 0.2) is 0 Å². The Labute approximate surface area is 128 Å². The van der Waals surface area contributed by atoms with Gasteiger partial charge in [0, 0.05) is 16.8 Å². The highest BCUT2D eigenvalue weighted by atomic mass is 32.2. The van der Waals surface area contributed by atoms with E-state index >= 15 is 0 Å². The van der Waals surface area contributed by atoms with Crippen LogP contribution in [-0.2, 0) is 4.79 Å². The minimum Gasteiger partial charge on any atom is -0.308 e. The number of Topliss-reactive ketones (excluding diaryl/α,β-unsaturated/α-hetero) is 1. The number of fused-ring (bicyclic) bond motifs is 1. The predicted molar refractivity (Wildman–Crippen MR) is 84.2 cm³/mol. The van der Waals surface area contributed by atoms with Crippen molar-refractivity contribution in [3.63, 3.8) is 0 Å². The normalized spacial score (nSPS) is 13.8. The molecule has 0 aromatic heterocycles. The molecule has 1 aliphatic heterocycles. The van der Waals surface area contributed by atoms with Crippen LogP contribution in [-0.4, -0.2) is 18.7 Å². The van der Waals surface area contributed by atoms with Gasteiger partial charge in [-0.1, -0.05) is 17.8 Å². The Morgan fingerprint density at radius 1 is 0.905 bits per heavy atom. The summed E-state index contributed by atoms with van der Waals surface area (Å²) in [6, 6.07) is 11.9. The molecule has 0 saturated carbocycles. The summed E-state index contributed by atoms with van der Waals surface area (Å²) < 4.78 is 0. The van der Waals surface area contributed by atoms with Gasteiger partial charge in [0.05, 0.1) is 11.3 Å². The first kappa shape index (κ1) is 13.9. The zero-order chi connectivity index (χ0) is 15.1. The molecule has 4 heteroatoms. The number of amides is 1. The number of carbonyl (C=O) groups is 2. The van der Waals surface area contributed by atoms with E-state index in [1.165, 1.54) is 16.0 Å². The molecule has 2 aromatic carbocycles. The molecule has 0 fully saturated rings. The lowest BCUT2D eigenvalue weighted by Crippen LogP contribution is -2.24. The fourth-order valence-electron chi connectivity index (χ4n) is 2.33. The number of benzene rings is 2. The maximum absolute atomic E-state index is 11.8. The summed E-state index contributed by atoms with van der Waals surface area (Å²) in [6.45, 7) is 4.18. The second kappa shape index (κ2) is 5.04. The summed E-state index contributed by atoms with van der Waals surface area (Å²) in [5.74, 6) is -0.881. The van der Waals surface area contributed by atoms with Crippen molar-refractivity contribution in [2.75, 3.05) is 11.9 Å². The molecule has 106 valence electrons. The number of hydrogen-bond donors (Lipinski definition) is 0. The molecule has 3 nitrogen and oxygen atoms in total. The Bertz CT molecular complexity index is 767. The van der Waals surface area contributed by atoms with Gasteiger partial charge in [0.1, 0.15) is 0 Å². The summed E-state index contributed by atoms with van der Waals surface area (Å²) in [7, 11) is 1.64. The van der Waals surface area contributed by atoms with Gasteiger partial charge in [-0.25, -0.2) is 0 Å². The van der Waals surface area contributed by atoms with Crippen molar-refractivity contribution in [3.05, 3.63) is 53.1 Å². The van der Waals surface area contributed by atoms with Gasteiger partial charge < -0.3 is 4.90 Å². The first-order valence-corrected chi connectivity index (χ1v) is 7.50. The summed E-state index contributed by atoms with van der Waals surface area (Å²) in [6.07, 6.45) is 0. The van der Waals surface area contributed by atoms with Crippen LogP contribution in [0.4, 0.5) is 5.69 Å². The second-order valence-electron chi connectivity index (χ2n) is 5.22. The van der Waals surface area contributed by atoms with Crippen LogP contribution in [0.1, 0.15) is 21.5 Å². The first-order chi connectivity index (χ1) is 9.97. The fraction of sp³-hybridized carbons (Fsp3) is 0.176. The van der Waals surface area contributed by atoms with Gasteiger partial charge in [0.25, 0.3) is 11.7 Å². The Morgan fingerprint density at radius 3 is 2.29 bits per heavy atom. The minimum atomic E-state index is -0.460. The van der Waals surface area contributed by atoms with Crippen LogP contribution in [0.3, 0.4) is 0 Å². The topological polar surface area (TPSA) is 37.4 Å². The molecule has 0 spiro atoms. The largest absolute Gasteiger partial charge is 0.308 e. The monoisotopic (exact) mass is 297 g/mol. The van der Waals surface area contributed by atoms with Crippen molar-refractivity contribution in [3.8, 4) is 0 Å². The van der Waals surface area contributed by atoms with Crippen LogP contribution >= 0.6 is 11.8 Å². The van der Waals surface area contributed by atoms with E-state index in [0.717, 1.165) is 9.79 Å². The van der Waals surface area contributed by atoms with Crippen molar-refractivity contribution >= 4 is 29.1 Å². The van der Waals surface area contributed by atoms with Crippen LogP contribution in [0, 0.1) is 13.8 Å². The molecule has 0 N–H and O–H groups in total. The van der Waals surface area contributed by atoms with Crippen LogP contribution in [0.2, 0.25) is 0 Å². The number of aryl methyl sites for hydroxylation is 2. The highest BCUT2D eigenvalue weighted by Gasteiger charge is 2.33. The van der Waals surface area contributed by atoms with Gasteiger partial charge in [-0.05, 0) is 55.3 Å². The van der Waals surface area contributed by atoms with Gasteiger partial charge in [-0.15, -0.1) is 0 Å². The lowest BCUT2D eigenvalue weighted by atomic mass is 10.1. The highest BCUT2D eigenvalue weighted by molar-refractivity contribution is 7.99. The molecule has 0 aliphatic carbocycles. The van der Waals surface area contributed by atoms with Gasteiger partial charge in [0.2, 0.25) is 0 Å². The van der Waals surface area contributed by atoms with Crippen LogP contribution in [0.25, 0.3) is 0 Å².